The van der Waals surface area contributed by atoms with Gasteiger partial charge in [-0.25, -0.2) is 0 Å². The molecule has 0 heterocycles. The first-order valence-electron chi connectivity index (χ1n) is 4.94. The maximum absolute atomic E-state index is 11.1. The number of hydrogen-bond donors (Lipinski definition) is 0. The summed E-state index contributed by atoms with van der Waals surface area (Å²) in [6.45, 7) is 5.91. The number of alkyl halides is 2. The molecule has 0 N–H and O–H groups in total. The summed E-state index contributed by atoms with van der Waals surface area (Å²) in [4.78, 5) is 0. The molecule has 0 unspecified atom stereocenters. The zero-order valence-corrected chi connectivity index (χ0v) is 10.1. The molecule has 0 aliphatic rings. The molecule has 0 radical (unpaired) electrons. The number of ether oxygens (including phenoxy) is 3. The molecule has 0 fully saturated rings. The molecule has 0 saturated heterocycles. The normalized spacial score (nSPS) is 10.8. The van der Waals surface area contributed by atoms with Crippen LogP contribution in [0.5, 0.6) is 0 Å². The van der Waals surface area contributed by atoms with Crippen LogP contribution >= 0.6 is 0 Å². The third-order valence-electron chi connectivity index (χ3n) is 1.11. The van der Waals surface area contributed by atoms with Gasteiger partial charge in [-0.1, -0.05) is 0 Å². The first-order chi connectivity index (χ1) is 6.90. The highest BCUT2D eigenvalue weighted by Gasteiger charge is 2.02. The standard InChI is InChI=1S/C6H14O2.C4H8F2O/c1-6(2)8-5-4-7-3;1-3(2)7-4(5)6/h6H,4-5H2,1-3H3;3-4H,1-2H3. The third-order valence-corrected chi connectivity index (χ3v) is 1.11. The van der Waals surface area contributed by atoms with Crippen LogP contribution < -0.4 is 0 Å². The van der Waals surface area contributed by atoms with Crippen LogP contribution in [-0.2, 0) is 14.2 Å². The van der Waals surface area contributed by atoms with Crippen molar-refractivity contribution in [1.82, 2.24) is 0 Å². The van der Waals surface area contributed by atoms with E-state index in [-0.39, 0.29) is 6.10 Å². The highest BCUT2D eigenvalue weighted by molar-refractivity contribution is 4.34. The van der Waals surface area contributed by atoms with Crippen molar-refractivity contribution in [3.05, 3.63) is 0 Å². The number of halogens is 2. The van der Waals surface area contributed by atoms with Crippen molar-refractivity contribution in [3.63, 3.8) is 0 Å². The minimum atomic E-state index is -2.63. The second-order valence-corrected chi connectivity index (χ2v) is 3.36. The summed E-state index contributed by atoms with van der Waals surface area (Å²) in [6, 6.07) is 0. The Morgan fingerprint density at radius 2 is 1.47 bits per heavy atom. The van der Waals surface area contributed by atoms with Gasteiger partial charge in [-0.05, 0) is 27.7 Å². The molecule has 0 bridgehead atoms. The predicted octanol–water partition coefficient (Wildman–Crippen LogP) is 2.69. The average molecular weight is 228 g/mol. The van der Waals surface area contributed by atoms with Crippen molar-refractivity contribution >= 4 is 0 Å². The molecule has 3 nitrogen and oxygen atoms in total. The second-order valence-electron chi connectivity index (χ2n) is 3.36. The van der Waals surface area contributed by atoms with Crippen molar-refractivity contribution in [1.29, 1.82) is 0 Å². The van der Waals surface area contributed by atoms with Gasteiger partial charge in [-0.15, -0.1) is 0 Å². The quantitative estimate of drug-likeness (QED) is 0.654. The van der Waals surface area contributed by atoms with Crippen LogP contribution in [0.25, 0.3) is 0 Å². The fourth-order valence-electron chi connectivity index (χ4n) is 0.573. The molecular formula is C10H22F2O3. The van der Waals surface area contributed by atoms with Crippen LogP contribution in [0.4, 0.5) is 8.78 Å². The topological polar surface area (TPSA) is 27.7 Å². The van der Waals surface area contributed by atoms with E-state index in [4.69, 9.17) is 9.47 Å². The Kier molecular flexibility index (Phi) is 13.5. The Hall–Kier alpha value is -0.260. The Balaban J connectivity index is 0. The molecular weight excluding hydrogens is 206 g/mol. The maximum Gasteiger partial charge on any atom is 0.345 e. The lowest BCUT2D eigenvalue weighted by Crippen LogP contribution is -2.07. The van der Waals surface area contributed by atoms with Gasteiger partial charge in [0.2, 0.25) is 0 Å². The molecule has 5 heteroatoms. The SMILES string of the molecule is CC(C)OC(F)F.COCCOC(C)C. The Labute approximate surface area is 90.7 Å². The van der Waals surface area contributed by atoms with Gasteiger partial charge in [0.05, 0.1) is 25.4 Å². The fraction of sp³-hybridized carbons (Fsp3) is 1.00. The van der Waals surface area contributed by atoms with Gasteiger partial charge >= 0.3 is 6.61 Å². The molecule has 0 aromatic heterocycles. The number of methoxy groups -OCH3 is 1. The third kappa shape index (κ3) is 24.8. The van der Waals surface area contributed by atoms with Gasteiger partial charge in [-0.2, -0.15) is 8.78 Å². The van der Waals surface area contributed by atoms with Crippen molar-refractivity contribution < 1.29 is 23.0 Å². The first kappa shape index (κ1) is 17.1. The van der Waals surface area contributed by atoms with E-state index in [0.717, 1.165) is 0 Å². The van der Waals surface area contributed by atoms with Crippen LogP contribution in [0.2, 0.25) is 0 Å². The van der Waals surface area contributed by atoms with Crippen LogP contribution in [0.1, 0.15) is 27.7 Å². The minimum Gasteiger partial charge on any atom is -0.382 e. The van der Waals surface area contributed by atoms with Gasteiger partial charge in [0, 0.05) is 7.11 Å². The van der Waals surface area contributed by atoms with Crippen LogP contribution in [0.15, 0.2) is 0 Å². The maximum atomic E-state index is 11.1. The number of rotatable bonds is 6. The molecule has 94 valence electrons. The number of hydrogen-bond acceptors (Lipinski definition) is 3. The minimum absolute atomic E-state index is 0.324. The summed E-state index contributed by atoms with van der Waals surface area (Å²) in [5.41, 5.74) is 0. The van der Waals surface area contributed by atoms with E-state index in [1.54, 1.807) is 21.0 Å². The molecule has 0 aromatic rings. The lowest BCUT2D eigenvalue weighted by molar-refractivity contribution is -0.152. The van der Waals surface area contributed by atoms with Gasteiger partial charge in [0.25, 0.3) is 0 Å². The molecule has 0 aliphatic carbocycles. The van der Waals surface area contributed by atoms with E-state index in [9.17, 15) is 8.78 Å². The summed E-state index contributed by atoms with van der Waals surface area (Å²) in [5, 5.41) is 0. The Morgan fingerprint density at radius 3 is 1.67 bits per heavy atom. The van der Waals surface area contributed by atoms with E-state index >= 15 is 0 Å². The van der Waals surface area contributed by atoms with Crippen LogP contribution in [0.3, 0.4) is 0 Å². The van der Waals surface area contributed by atoms with E-state index in [2.05, 4.69) is 4.74 Å². The zero-order chi connectivity index (χ0) is 12.3. The zero-order valence-electron chi connectivity index (χ0n) is 10.1. The van der Waals surface area contributed by atoms with E-state index in [1.165, 1.54) is 0 Å². The average Bonchev–Trinajstić information content (AvgIpc) is 2.02. The second kappa shape index (κ2) is 11.8. The predicted molar refractivity (Wildman–Crippen MR) is 55.2 cm³/mol. The van der Waals surface area contributed by atoms with E-state index in [1.807, 2.05) is 13.8 Å². The Bertz CT molecular complexity index is 113. The first-order valence-corrected chi connectivity index (χ1v) is 4.94. The van der Waals surface area contributed by atoms with E-state index < -0.39 is 6.61 Å². The summed E-state index contributed by atoms with van der Waals surface area (Å²) >= 11 is 0. The monoisotopic (exact) mass is 228 g/mol. The van der Waals surface area contributed by atoms with Gasteiger partial charge in [0.15, 0.2) is 0 Å². The highest BCUT2D eigenvalue weighted by atomic mass is 19.3. The molecule has 0 aliphatic heterocycles. The smallest absolute Gasteiger partial charge is 0.345 e. The molecule has 0 rings (SSSR count). The van der Waals surface area contributed by atoms with Crippen molar-refractivity contribution in [2.75, 3.05) is 20.3 Å². The summed E-state index contributed by atoms with van der Waals surface area (Å²) in [7, 11) is 1.67. The molecule has 0 spiro atoms. The van der Waals surface area contributed by atoms with Gasteiger partial charge in [-0.3, -0.25) is 0 Å². The fourth-order valence-corrected chi connectivity index (χ4v) is 0.573. The summed E-state index contributed by atoms with van der Waals surface area (Å²) in [5.74, 6) is 0. The molecule has 0 aromatic carbocycles. The molecule has 15 heavy (non-hydrogen) atoms. The van der Waals surface area contributed by atoms with Crippen LogP contribution in [-0.4, -0.2) is 39.1 Å². The highest BCUT2D eigenvalue weighted by Crippen LogP contribution is 1.98. The van der Waals surface area contributed by atoms with Gasteiger partial charge < -0.3 is 14.2 Å². The van der Waals surface area contributed by atoms with Crippen molar-refractivity contribution in [2.45, 2.75) is 46.5 Å². The van der Waals surface area contributed by atoms with Crippen molar-refractivity contribution in [3.8, 4) is 0 Å². The largest absolute Gasteiger partial charge is 0.382 e. The molecule has 0 saturated carbocycles. The van der Waals surface area contributed by atoms with Crippen molar-refractivity contribution in [2.24, 2.45) is 0 Å². The molecule has 0 atom stereocenters. The van der Waals surface area contributed by atoms with Crippen LogP contribution in [0, 0.1) is 0 Å². The lowest BCUT2D eigenvalue weighted by atomic mass is 10.5. The molecule has 0 amide bonds. The lowest BCUT2D eigenvalue weighted by Gasteiger charge is -2.04. The summed E-state index contributed by atoms with van der Waals surface area (Å²) < 4.78 is 36.0. The van der Waals surface area contributed by atoms with E-state index in [0.29, 0.717) is 19.3 Å². The summed E-state index contributed by atoms with van der Waals surface area (Å²) in [6.07, 6.45) is -0.0508. The Morgan fingerprint density at radius 1 is 0.933 bits per heavy atom. The van der Waals surface area contributed by atoms with Gasteiger partial charge in [0.1, 0.15) is 0 Å².